The Morgan fingerprint density at radius 1 is 1.20 bits per heavy atom. The zero-order valence-electron chi connectivity index (χ0n) is 12.2. The Kier molecular flexibility index (Phi) is 6.87. The number of para-hydroxylation sites is 1. The van der Waals surface area contributed by atoms with Gasteiger partial charge in [0, 0.05) is 12.0 Å². The van der Waals surface area contributed by atoms with Crippen LogP contribution in [0.3, 0.4) is 0 Å². The molecule has 3 N–H and O–H groups in total. The van der Waals surface area contributed by atoms with E-state index in [1.165, 1.54) is 0 Å². The van der Waals surface area contributed by atoms with Crippen LogP contribution in [-0.4, -0.2) is 30.9 Å². The molecule has 0 atom stereocenters. The fourth-order valence-corrected chi connectivity index (χ4v) is 1.72. The molecule has 1 rings (SSSR count). The third-order valence-corrected chi connectivity index (χ3v) is 3.13. The zero-order valence-corrected chi connectivity index (χ0v) is 12.2. The van der Waals surface area contributed by atoms with E-state index in [4.69, 9.17) is 20.4 Å². The smallest absolute Gasteiger partial charge is 0.144 e. The number of amidine groups is 1. The summed E-state index contributed by atoms with van der Waals surface area (Å²) >= 11 is 0. The average molecular weight is 280 g/mol. The van der Waals surface area contributed by atoms with Crippen molar-refractivity contribution in [2.24, 2.45) is 16.3 Å². The minimum Gasteiger partial charge on any atom is -0.491 e. The maximum atomic E-state index is 8.67. The molecule has 0 aromatic heterocycles. The summed E-state index contributed by atoms with van der Waals surface area (Å²) in [6.07, 6.45) is 1.66. The standard InChI is InChI=1S/C15H24N2O3/c1-15(2,14(16)17-18)9-6-10-19-11-12-20-13-7-4-3-5-8-13/h3-5,7-8,18H,6,9-12H2,1-2H3,(H2,16,17). The van der Waals surface area contributed by atoms with E-state index in [2.05, 4.69) is 5.16 Å². The summed E-state index contributed by atoms with van der Waals surface area (Å²) in [6.45, 7) is 5.62. The van der Waals surface area contributed by atoms with E-state index < -0.39 is 0 Å². The maximum absolute atomic E-state index is 8.67. The first kappa shape index (κ1) is 16.3. The number of benzene rings is 1. The largest absolute Gasteiger partial charge is 0.491 e. The summed E-state index contributed by atoms with van der Waals surface area (Å²) in [5, 5.41) is 11.7. The van der Waals surface area contributed by atoms with E-state index in [9.17, 15) is 0 Å². The van der Waals surface area contributed by atoms with Gasteiger partial charge < -0.3 is 20.4 Å². The number of nitrogens with two attached hydrogens (primary N) is 1. The van der Waals surface area contributed by atoms with E-state index in [0.717, 1.165) is 18.6 Å². The highest BCUT2D eigenvalue weighted by Gasteiger charge is 2.22. The fourth-order valence-electron chi connectivity index (χ4n) is 1.72. The molecule has 0 amide bonds. The first-order chi connectivity index (χ1) is 9.56. The molecular formula is C15H24N2O3. The second kappa shape index (κ2) is 8.43. The Balaban J connectivity index is 2.06. The molecule has 0 bridgehead atoms. The average Bonchev–Trinajstić information content (AvgIpc) is 2.46. The number of nitrogens with zero attached hydrogens (tertiary/aromatic N) is 1. The predicted molar refractivity (Wildman–Crippen MR) is 79.2 cm³/mol. The van der Waals surface area contributed by atoms with Crippen LogP contribution in [0.15, 0.2) is 35.5 Å². The molecule has 0 radical (unpaired) electrons. The summed E-state index contributed by atoms with van der Waals surface area (Å²) in [6, 6.07) is 9.66. The van der Waals surface area contributed by atoms with E-state index >= 15 is 0 Å². The predicted octanol–water partition coefficient (Wildman–Crippen LogP) is 2.63. The van der Waals surface area contributed by atoms with Crippen LogP contribution in [0.2, 0.25) is 0 Å². The van der Waals surface area contributed by atoms with Crippen molar-refractivity contribution in [2.75, 3.05) is 19.8 Å². The lowest BCUT2D eigenvalue weighted by Gasteiger charge is -2.22. The molecule has 0 saturated carbocycles. The monoisotopic (exact) mass is 280 g/mol. The lowest BCUT2D eigenvalue weighted by molar-refractivity contribution is 0.0941. The quantitative estimate of drug-likeness (QED) is 0.240. The van der Waals surface area contributed by atoms with E-state index in [-0.39, 0.29) is 11.3 Å². The van der Waals surface area contributed by atoms with Gasteiger partial charge in [0.25, 0.3) is 0 Å². The lowest BCUT2D eigenvalue weighted by Crippen LogP contribution is -2.32. The van der Waals surface area contributed by atoms with Crippen molar-refractivity contribution in [1.82, 2.24) is 0 Å². The van der Waals surface area contributed by atoms with Crippen LogP contribution in [0.4, 0.5) is 0 Å². The molecule has 112 valence electrons. The van der Waals surface area contributed by atoms with Gasteiger partial charge in [-0.25, -0.2) is 0 Å². The van der Waals surface area contributed by atoms with Crippen LogP contribution in [-0.2, 0) is 4.74 Å². The first-order valence-electron chi connectivity index (χ1n) is 6.80. The van der Waals surface area contributed by atoms with Gasteiger partial charge in [-0.15, -0.1) is 0 Å². The minimum atomic E-state index is -0.307. The van der Waals surface area contributed by atoms with E-state index in [1.54, 1.807) is 0 Å². The van der Waals surface area contributed by atoms with Crippen LogP contribution in [0, 0.1) is 5.41 Å². The summed E-state index contributed by atoms with van der Waals surface area (Å²) in [5.41, 5.74) is 5.31. The van der Waals surface area contributed by atoms with Gasteiger partial charge in [-0.1, -0.05) is 37.2 Å². The molecule has 0 fully saturated rings. The molecule has 0 saturated heterocycles. The number of oxime groups is 1. The first-order valence-corrected chi connectivity index (χ1v) is 6.80. The number of rotatable bonds is 9. The highest BCUT2D eigenvalue weighted by atomic mass is 16.5. The Morgan fingerprint density at radius 2 is 1.90 bits per heavy atom. The van der Waals surface area contributed by atoms with Crippen LogP contribution in [0.5, 0.6) is 5.75 Å². The van der Waals surface area contributed by atoms with Gasteiger partial charge in [-0.2, -0.15) is 0 Å². The van der Waals surface area contributed by atoms with Crippen LogP contribution in [0.25, 0.3) is 0 Å². The van der Waals surface area contributed by atoms with Crippen molar-refractivity contribution in [2.45, 2.75) is 26.7 Å². The Morgan fingerprint density at radius 3 is 2.55 bits per heavy atom. The SMILES string of the molecule is CC(C)(CCCOCCOc1ccccc1)C(N)=NO. The van der Waals surface area contributed by atoms with Crippen molar-refractivity contribution >= 4 is 5.84 Å². The van der Waals surface area contributed by atoms with E-state index in [1.807, 2.05) is 44.2 Å². The lowest BCUT2D eigenvalue weighted by atomic mass is 9.87. The molecule has 0 aliphatic heterocycles. The molecule has 0 unspecified atom stereocenters. The molecule has 20 heavy (non-hydrogen) atoms. The van der Waals surface area contributed by atoms with Crippen LogP contribution in [0.1, 0.15) is 26.7 Å². The van der Waals surface area contributed by atoms with Crippen molar-refractivity contribution < 1.29 is 14.7 Å². The minimum absolute atomic E-state index is 0.255. The third-order valence-electron chi connectivity index (χ3n) is 3.13. The third kappa shape index (κ3) is 5.93. The van der Waals surface area contributed by atoms with Gasteiger partial charge in [-0.3, -0.25) is 0 Å². The molecule has 0 spiro atoms. The zero-order chi connectivity index (χ0) is 14.8. The molecule has 0 heterocycles. The Hall–Kier alpha value is -1.75. The molecule has 5 heteroatoms. The summed E-state index contributed by atoms with van der Waals surface area (Å²) in [4.78, 5) is 0. The van der Waals surface area contributed by atoms with Crippen molar-refractivity contribution in [3.63, 3.8) is 0 Å². The van der Waals surface area contributed by atoms with Gasteiger partial charge in [0.2, 0.25) is 0 Å². The normalized spacial score (nSPS) is 12.4. The number of hydrogen-bond donors (Lipinski definition) is 2. The summed E-state index contributed by atoms with van der Waals surface area (Å²) in [5.74, 6) is 1.11. The van der Waals surface area contributed by atoms with Crippen LogP contribution < -0.4 is 10.5 Å². The fraction of sp³-hybridized carbons (Fsp3) is 0.533. The molecule has 0 aliphatic rings. The second-order valence-electron chi connectivity index (χ2n) is 5.25. The van der Waals surface area contributed by atoms with Gasteiger partial charge in [0.1, 0.15) is 18.2 Å². The number of ether oxygens (including phenoxy) is 2. The maximum Gasteiger partial charge on any atom is 0.144 e. The molecular weight excluding hydrogens is 256 g/mol. The van der Waals surface area contributed by atoms with Crippen molar-refractivity contribution in [3.05, 3.63) is 30.3 Å². The van der Waals surface area contributed by atoms with Gasteiger partial charge >= 0.3 is 0 Å². The summed E-state index contributed by atoms with van der Waals surface area (Å²) in [7, 11) is 0. The van der Waals surface area contributed by atoms with Crippen molar-refractivity contribution in [1.29, 1.82) is 0 Å². The highest BCUT2D eigenvalue weighted by molar-refractivity contribution is 5.85. The van der Waals surface area contributed by atoms with E-state index in [0.29, 0.717) is 19.8 Å². The highest BCUT2D eigenvalue weighted by Crippen LogP contribution is 2.22. The van der Waals surface area contributed by atoms with Gasteiger partial charge in [0.05, 0.1) is 6.61 Å². The molecule has 5 nitrogen and oxygen atoms in total. The second-order valence-corrected chi connectivity index (χ2v) is 5.25. The Bertz CT molecular complexity index is 405. The number of hydrogen-bond acceptors (Lipinski definition) is 4. The molecule has 1 aromatic carbocycles. The van der Waals surface area contributed by atoms with Gasteiger partial charge in [-0.05, 0) is 25.0 Å². The van der Waals surface area contributed by atoms with Crippen molar-refractivity contribution in [3.8, 4) is 5.75 Å². The topological polar surface area (TPSA) is 77.1 Å². The van der Waals surface area contributed by atoms with Gasteiger partial charge in [0.15, 0.2) is 0 Å². The van der Waals surface area contributed by atoms with Crippen LogP contribution >= 0.6 is 0 Å². The summed E-state index contributed by atoms with van der Waals surface area (Å²) < 4.78 is 11.0. The molecule has 1 aromatic rings. The molecule has 0 aliphatic carbocycles. The Labute approximate surface area is 120 Å².